The topological polar surface area (TPSA) is 92.8 Å². The molecule has 37 heavy (non-hydrogen) atoms. The smallest absolute Gasteiger partial charge is 0.330 e. The van der Waals surface area contributed by atoms with E-state index in [0.29, 0.717) is 5.69 Å². The molecule has 3 aromatic carbocycles. The zero-order valence-corrected chi connectivity index (χ0v) is 20.3. The van der Waals surface area contributed by atoms with Crippen LogP contribution in [0.1, 0.15) is 24.8 Å². The number of likely N-dealkylation sites (tertiary alicyclic amines) is 1. The molecular weight excluding hydrogens is 468 g/mol. The molecule has 0 aromatic heterocycles. The molecule has 1 heterocycles. The molecule has 6 rings (SSSR count). The summed E-state index contributed by atoms with van der Waals surface area (Å²) in [5.41, 5.74) is 1.43. The lowest BCUT2D eigenvalue weighted by Gasteiger charge is -2.26. The zero-order valence-electron chi connectivity index (χ0n) is 20.3. The molecule has 3 amide bonds. The Hall–Kier alpha value is -4.00. The number of ether oxygens (including phenoxy) is 1. The van der Waals surface area contributed by atoms with Crippen molar-refractivity contribution in [3.05, 3.63) is 78.4 Å². The van der Waals surface area contributed by atoms with E-state index in [4.69, 9.17) is 4.74 Å². The molecule has 1 N–H and O–H groups in total. The van der Waals surface area contributed by atoms with Gasteiger partial charge in [-0.2, -0.15) is 0 Å². The van der Waals surface area contributed by atoms with Gasteiger partial charge >= 0.3 is 5.97 Å². The monoisotopic (exact) mass is 496 g/mol. The third-order valence-corrected chi connectivity index (χ3v) is 8.23. The van der Waals surface area contributed by atoms with E-state index in [0.717, 1.165) is 40.5 Å². The van der Waals surface area contributed by atoms with Gasteiger partial charge in [-0.25, -0.2) is 4.79 Å². The molecule has 2 bridgehead atoms. The summed E-state index contributed by atoms with van der Waals surface area (Å²) < 4.78 is 5.43. The van der Waals surface area contributed by atoms with Crippen LogP contribution < -0.4 is 5.32 Å². The van der Waals surface area contributed by atoms with Gasteiger partial charge in [-0.15, -0.1) is 0 Å². The van der Waals surface area contributed by atoms with E-state index in [-0.39, 0.29) is 41.9 Å². The number of anilines is 1. The normalized spacial score (nSPS) is 24.8. The molecule has 5 atom stereocenters. The van der Waals surface area contributed by atoms with Crippen molar-refractivity contribution in [2.75, 3.05) is 11.9 Å². The first-order valence-corrected chi connectivity index (χ1v) is 12.9. The summed E-state index contributed by atoms with van der Waals surface area (Å²) in [5, 5.41) is 4.66. The number of nitrogens with zero attached hydrogens (tertiary/aromatic N) is 1. The van der Waals surface area contributed by atoms with Gasteiger partial charge in [-0.3, -0.25) is 19.3 Å². The zero-order chi connectivity index (χ0) is 25.5. The van der Waals surface area contributed by atoms with E-state index >= 15 is 0 Å². The Morgan fingerprint density at radius 1 is 0.865 bits per heavy atom. The van der Waals surface area contributed by atoms with E-state index in [1.165, 1.54) is 0 Å². The number of rotatable bonds is 7. The van der Waals surface area contributed by atoms with Crippen LogP contribution >= 0.6 is 0 Å². The van der Waals surface area contributed by atoms with Gasteiger partial charge < -0.3 is 10.1 Å². The van der Waals surface area contributed by atoms with E-state index in [1.54, 1.807) is 6.07 Å². The van der Waals surface area contributed by atoms with Gasteiger partial charge in [0.05, 0.1) is 11.8 Å². The van der Waals surface area contributed by atoms with Crippen molar-refractivity contribution in [1.82, 2.24) is 4.90 Å². The maximum atomic E-state index is 13.4. The summed E-state index contributed by atoms with van der Waals surface area (Å²) in [6.45, 7) is -0.512. The molecule has 1 aliphatic heterocycles. The molecule has 0 spiro atoms. The number of hydrogen-bond acceptors (Lipinski definition) is 5. The molecular formula is C30H28N2O5. The summed E-state index contributed by atoms with van der Waals surface area (Å²) in [6, 6.07) is 21.4. The summed E-state index contributed by atoms with van der Waals surface area (Å²) >= 11 is 0. The van der Waals surface area contributed by atoms with E-state index in [1.807, 2.05) is 66.7 Å². The average molecular weight is 497 g/mol. The summed E-state index contributed by atoms with van der Waals surface area (Å²) in [4.78, 5) is 54.1. The van der Waals surface area contributed by atoms with Crippen molar-refractivity contribution >= 4 is 40.2 Å². The highest BCUT2D eigenvalue weighted by atomic mass is 16.5. The molecule has 3 aliphatic rings. The number of carbonyl (C=O) groups excluding carboxylic acids is 4. The van der Waals surface area contributed by atoms with Crippen molar-refractivity contribution in [3.63, 3.8) is 0 Å². The first-order chi connectivity index (χ1) is 18.0. The highest BCUT2D eigenvalue weighted by molar-refractivity contribution is 6.09. The van der Waals surface area contributed by atoms with Gasteiger partial charge in [0, 0.05) is 17.5 Å². The molecule has 188 valence electrons. The number of carbonyl (C=O) groups is 4. The Balaban J connectivity index is 1.19. The van der Waals surface area contributed by atoms with Gasteiger partial charge in [0.15, 0.2) is 6.61 Å². The van der Waals surface area contributed by atoms with Gasteiger partial charge in [0.25, 0.3) is 5.91 Å². The van der Waals surface area contributed by atoms with Crippen LogP contribution in [0.5, 0.6) is 0 Å². The minimum atomic E-state index is -1.10. The molecule has 7 heteroatoms. The van der Waals surface area contributed by atoms with E-state index in [2.05, 4.69) is 5.32 Å². The number of amides is 3. The highest BCUT2D eigenvalue weighted by Crippen LogP contribution is 2.56. The molecule has 2 aliphatic carbocycles. The number of imide groups is 1. The van der Waals surface area contributed by atoms with Gasteiger partial charge in [-0.1, -0.05) is 66.7 Å². The van der Waals surface area contributed by atoms with Gasteiger partial charge in [0.2, 0.25) is 11.8 Å². The lowest BCUT2D eigenvalue weighted by molar-refractivity contribution is -0.160. The minimum Gasteiger partial charge on any atom is -0.454 e. The molecule has 1 saturated heterocycles. The molecule has 0 radical (unpaired) electrons. The van der Waals surface area contributed by atoms with Gasteiger partial charge in [-0.05, 0) is 48.1 Å². The van der Waals surface area contributed by atoms with Crippen LogP contribution in [-0.2, 0) is 30.3 Å². The Bertz CT molecular complexity index is 1350. The second-order valence-electron chi connectivity index (χ2n) is 10.3. The summed E-state index contributed by atoms with van der Waals surface area (Å²) in [7, 11) is 0. The Morgan fingerprint density at radius 2 is 1.51 bits per heavy atom. The number of hydrogen-bond donors (Lipinski definition) is 1. The standard InChI is InChI=1S/C30H28N2O5/c33-25(31-23-12-6-10-19-9-4-5-11-22(19)23)17-37-30(36)24(15-18-7-2-1-3-8-18)32-28(34)26-20-13-14-21(16-20)27(26)29(32)35/h1-12,20-21,24,26-27H,13-17H2,(H,31,33)/t20-,21-,24+,26-,27+/m0/s1. The molecule has 2 saturated carbocycles. The minimum absolute atomic E-state index is 0.150. The fourth-order valence-corrected chi connectivity index (χ4v) is 6.61. The summed E-state index contributed by atoms with van der Waals surface area (Å²) in [6.07, 6.45) is 2.99. The predicted octanol–water partition coefficient (Wildman–Crippen LogP) is 3.96. The average Bonchev–Trinajstić information content (AvgIpc) is 3.60. The Labute approximate surface area is 214 Å². The SMILES string of the molecule is O=C(COC(=O)[C@@H](Cc1ccccc1)N1C(=O)[C@@H]2[C@H]3CC[C@@H](C3)[C@@H]2C1=O)Nc1cccc2ccccc12. The quantitative estimate of drug-likeness (QED) is 0.395. The molecule has 7 nitrogen and oxygen atoms in total. The van der Waals surface area contributed by atoms with Gasteiger partial charge in [0.1, 0.15) is 6.04 Å². The van der Waals surface area contributed by atoms with E-state index < -0.39 is 24.5 Å². The molecule has 3 aromatic rings. The lowest BCUT2D eigenvalue weighted by atomic mass is 9.81. The first kappa shape index (κ1) is 23.4. The number of nitrogens with one attached hydrogen (secondary N) is 1. The second kappa shape index (κ2) is 9.47. The maximum absolute atomic E-state index is 13.4. The Kier molecular flexibility index (Phi) is 5.99. The van der Waals surface area contributed by atoms with Crippen LogP contribution in [0.15, 0.2) is 72.8 Å². The van der Waals surface area contributed by atoms with Crippen LogP contribution in [0.2, 0.25) is 0 Å². The van der Waals surface area contributed by atoms with Crippen LogP contribution in [0, 0.1) is 23.7 Å². The molecule has 3 fully saturated rings. The van der Waals surface area contributed by atoms with E-state index in [9.17, 15) is 19.2 Å². The number of esters is 1. The number of fused-ring (bicyclic) bond motifs is 6. The van der Waals surface area contributed by atoms with Crippen LogP contribution in [0.3, 0.4) is 0 Å². The van der Waals surface area contributed by atoms with Crippen LogP contribution in [-0.4, -0.2) is 41.2 Å². The Morgan fingerprint density at radius 3 is 2.24 bits per heavy atom. The third kappa shape index (κ3) is 4.18. The van der Waals surface area contributed by atoms with Crippen molar-refractivity contribution in [2.45, 2.75) is 31.7 Å². The largest absolute Gasteiger partial charge is 0.454 e. The van der Waals surface area contributed by atoms with Crippen LogP contribution in [0.25, 0.3) is 10.8 Å². The highest BCUT2D eigenvalue weighted by Gasteiger charge is 2.62. The second-order valence-corrected chi connectivity index (χ2v) is 10.3. The predicted molar refractivity (Wildman–Crippen MR) is 137 cm³/mol. The lowest BCUT2D eigenvalue weighted by Crippen LogP contribution is -2.48. The third-order valence-electron chi connectivity index (χ3n) is 8.23. The summed E-state index contributed by atoms with van der Waals surface area (Å²) in [5.74, 6) is -1.98. The fraction of sp³-hybridized carbons (Fsp3) is 0.333. The number of benzene rings is 3. The fourth-order valence-electron chi connectivity index (χ4n) is 6.61. The van der Waals surface area contributed by atoms with Crippen molar-refractivity contribution in [1.29, 1.82) is 0 Å². The van der Waals surface area contributed by atoms with Crippen molar-refractivity contribution in [3.8, 4) is 0 Å². The van der Waals surface area contributed by atoms with Crippen molar-refractivity contribution in [2.24, 2.45) is 23.7 Å². The first-order valence-electron chi connectivity index (χ1n) is 12.9. The van der Waals surface area contributed by atoms with Crippen molar-refractivity contribution < 1.29 is 23.9 Å². The maximum Gasteiger partial charge on any atom is 0.330 e. The molecule has 0 unspecified atom stereocenters. The van der Waals surface area contributed by atoms with Crippen LogP contribution in [0.4, 0.5) is 5.69 Å².